The van der Waals surface area contributed by atoms with Gasteiger partial charge in [0.1, 0.15) is 0 Å². The van der Waals surface area contributed by atoms with Crippen molar-refractivity contribution in [2.24, 2.45) is 0 Å². The fourth-order valence-corrected chi connectivity index (χ4v) is 2.92. The van der Waals surface area contributed by atoms with E-state index >= 15 is 0 Å². The van der Waals surface area contributed by atoms with Crippen LogP contribution in [0, 0.1) is 0 Å². The van der Waals surface area contributed by atoms with Gasteiger partial charge in [-0.05, 0) is 19.1 Å². The molecule has 1 aromatic rings. The van der Waals surface area contributed by atoms with E-state index in [1.54, 1.807) is 0 Å². The molecule has 1 aliphatic rings. The second-order valence-corrected chi connectivity index (χ2v) is 5.42. The standard InChI is InChI=1S/C13H20N2S.ClH/c1-12-11-14-7-8-15(12)9-10-16-13-5-3-2-4-6-13;/h2-6,12,14H,7-11H2,1H3;1H/t12-;/m1./s1. The largest absolute Gasteiger partial charge is 0.314 e. The van der Waals surface area contributed by atoms with Gasteiger partial charge in [0.25, 0.3) is 0 Å². The molecule has 1 atom stereocenters. The monoisotopic (exact) mass is 272 g/mol. The first-order valence-electron chi connectivity index (χ1n) is 5.99. The van der Waals surface area contributed by atoms with Crippen LogP contribution in [0.3, 0.4) is 0 Å². The fraction of sp³-hybridized carbons (Fsp3) is 0.538. The van der Waals surface area contributed by atoms with Crippen molar-refractivity contribution in [1.29, 1.82) is 0 Å². The summed E-state index contributed by atoms with van der Waals surface area (Å²) in [4.78, 5) is 3.96. The molecule has 0 bridgehead atoms. The maximum atomic E-state index is 3.42. The number of hydrogen-bond acceptors (Lipinski definition) is 3. The zero-order chi connectivity index (χ0) is 11.2. The van der Waals surface area contributed by atoms with Gasteiger partial charge >= 0.3 is 0 Å². The van der Waals surface area contributed by atoms with E-state index in [-0.39, 0.29) is 12.4 Å². The number of rotatable bonds is 4. The van der Waals surface area contributed by atoms with E-state index in [0.29, 0.717) is 6.04 Å². The van der Waals surface area contributed by atoms with E-state index in [1.165, 1.54) is 23.7 Å². The predicted molar refractivity (Wildman–Crippen MR) is 78.3 cm³/mol. The molecule has 2 nitrogen and oxygen atoms in total. The minimum atomic E-state index is 0. The zero-order valence-electron chi connectivity index (χ0n) is 10.3. The van der Waals surface area contributed by atoms with Gasteiger partial charge in [0.15, 0.2) is 0 Å². The first kappa shape index (κ1) is 14.8. The van der Waals surface area contributed by atoms with Crippen LogP contribution in [0.2, 0.25) is 0 Å². The van der Waals surface area contributed by atoms with Gasteiger partial charge in [-0.2, -0.15) is 0 Å². The van der Waals surface area contributed by atoms with Crippen LogP contribution >= 0.6 is 24.2 Å². The highest BCUT2D eigenvalue weighted by atomic mass is 35.5. The lowest BCUT2D eigenvalue weighted by atomic mass is 10.2. The fourth-order valence-electron chi connectivity index (χ4n) is 2.01. The molecule has 0 spiro atoms. The summed E-state index contributed by atoms with van der Waals surface area (Å²) in [6.45, 7) is 6.97. The van der Waals surface area contributed by atoms with Crippen molar-refractivity contribution in [2.45, 2.75) is 17.9 Å². The lowest BCUT2D eigenvalue weighted by Crippen LogP contribution is -2.50. The Balaban J connectivity index is 0.00000144. The molecule has 0 aromatic heterocycles. The van der Waals surface area contributed by atoms with Crippen molar-refractivity contribution in [1.82, 2.24) is 10.2 Å². The van der Waals surface area contributed by atoms with Gasteiger partial charge in [-0.15, -0.1) is 24.2 Å². The SMILES string of the molecule is C[C@@H]1CNCCN1CCSc1ccccc1.Cl. The summed E-state index contributed by atoms with van der Waals surface area (Å²) in [5.41, 5.74) is 0. The smallest absolute Gasteiger partial charge is 0.0193 e. The highest BCUT2D eigenvalue weighted by Gasteiger charge is 2.16. The topological polar surface area (TPSA) is 15.3 Å². The van der Waals surface area contributed by atoms with Crippen molar-refractivity contribution in [2.75, 3.05) is 31.9 Å². The summed E-state index contributed by atoms with van der Waals surface area (Å²) in [5.74, 6) is 1.19. The number of thioether (sulfide) groups is 1. The van der Waals surface area contributed by atoms with Crippen LogP contribution in [0.1, 0.15) is 6.92 Å². The molecule has 0 amide bonds. The van der Waals surface area contributed by atoms with Gasteiger partial charge in [-0.25, -0.2) is 0 Å². The van der Waals surface area contributed by atoms with Crippen LogP contribution in [0.25, 0.3) is 0 Å². The van der Waals surface area contributed by atoms with Gasteiger partial charge in [0, 0.05) is 42.9 Å². The molecule has 0 saturated carbocycles. The van der Waals surface area contributed by atoms with Gasteiger partial charge in [-0.3, -0.25) is 4.90 Å². The lowest BCUT2D eigenvalue weighted by molar-refractivity contribution is 0.185. The molecule has 0 radical (unpaired) electrons. The number of piperazine rings is 1. The van der Waals surface area contributed by atoms with Crippen molar-refractivity contribution in [3.63, 3.8) is 0 Å². The molecule has 1 fully saturated rings. The van der Waals surface area contributed by atoms with Crippen molar-refractivity contribution in [3.8, 4) is 0 Å². The summed E-state index contributed by atoms with van der Waals surface area (Å²) >= 11 is 1.95. The Morgan fingerprint density at radius 3 is 2.82 bits per heavy atom. The van der Waals surface area contributed by atoms with Crippen LogP contribution in [0.4, 0.5) is 0 Å². The molecule has 96 valence electrons. The Bertz CT molecular complexity index is 308. The molecule has 0 unspecified atom stereocenters. The number of halogens is 1. The third-order valence-corrected chi connectivity index (χ3v) is 4.02. The van der Waals surface area contributed by atoms with E-state index in [2.05, 4.69) is 47.5 Å². The highest BCUT2D eigenvalue weighted by molar-refractivity contribution is 7.99. The molecule has 1 N–H and O–H groups in total. The van der Waals surface area contributed by atoms with E-state index in [0.717, 1.165) is 13.1 Å². The third kappa shape index (κ3) is 4.88. The normalized spacial score (nSPS) is 20.9. The maximum Gasteiger partial charge on any atom is 0.0193 e. The van der Waals surface area contributed by atoms with Crippen LogP contribution < -0.4 is 5.32 Å². The third-order valence-electron chi connectivity index (χ3n) is 3.03. The average Bonchev–Trinajstić information content (AvgIpc) is 2.33. The highest BCUT2D eigenvalue weighted by Crippen LogP contribution is 2.17. The maximum absolute atomic E-state index is 3.42. The number of benzene rings is 1. The number of hydrogen-bond donors (Lipinski definition) is 1. The molecule has 2 rings (SSSR count). The second kappa shape index (κ2) is 7.98. The minimum Gasteiger partial charge on any atom is -0.314 e. The van der Waals surface area contributed by atoms with Crippen molar-refractivity contribution in [3.05, 3.63) is 30.3 Å². The van der Waals surface area contributed by atoms with Gasteiger partial charge in [0.05, 0.1) is 0 Å². The molecular weight excluding hydrogens is 252 g/mol. The molecule has 1 aliphatic heterocycles. The number of nitrogens with zero attached hydrogens (tertiary/aromatic N) is 1. The van der Waals surface area contributed by atoms with Gasteiger partial charge in [0.2, 0.25) is 0 Å². The first-order chi connectivity index (χ1) is 7.86. The van der Waals surface area contributed by atoms with Crippen molar-refractivity contribution < 1.29 is 0 Å². The summed E-state index contributed by atoms with van der Waals surface area (Å²) < 4.78 is 0. The molecule has 17 heavy (non-hydrogen) atoms. The minimum absolute atomic E-state index is 0. The van der Waals surface area contributed by atoms with E-state index in [4.69, 9.17) is 0 Å². The zero-order valence-corrected chi connectivity index (χ0v) is 11.9. The van der Waals surface area contributed by atoms with Crippen LogP contribution in [-0.2, 0) is 0 Å². The number of nitrogens with one attached hydrogen (secondary N) is 1. The van der Waals surface area contributed by atoms with Crippen LogP contribution in [-0.4, -0.2) is 42.9 Å². The molecule has 1 aromatic carbocycles. The Morgan fingerprint density at radius 2 is 2.12 bits per heavy atom. The lowest BCUT2D eigenvalue weighted by Gasteiger charge is -2.33. The van der Waals surface area contributed by atoms with Crippen LogP contribution in [0.15, 0.2) is 35.2 Å². The molecule has 4 heteroatoms. The van der Waals surface area contributed by atoms with E-state index in [9.17, 15) is 0 Å². The quantitative estimate of drug-likeness (QED) is 0.848. The summed E-state index contributed by atoms with van der Waals surface area (Å²) in [7, 11) is 0. The molecule has 1 heterocycles. The Labute approximate surface area is 115 Å². The average molecular weight is 273 g/mol. The van der Waals surface area contributed by atoms with Crippen molar-refractivity contribution >= 4 is 24.2 Å². The van der Waals surface area contributed by atoms with Crippen LogP contribution in [0.5, 0.6) is 0 Å². The molecular formula is C13H21ClN2S. The van der Waals surface area contributed by atoms with E-state index in [1.807, 2.05) is 11.8 Å². The summed E-state index contributed by atoms with van der Waals surface area (Å²) in [6.07, 6.45) is 0. The Morgan fingerprint density at radius 1 is 1.35 bits per heavy atom. The predicted octanol–water partition coefficient (Wildman–Crippen LogP) is 2.49. The Hall–Kier alpha value is -0.220. The Kier molecular flexibility index (Phi) is 6.97. The summed E-state index contributed by atoms with van der Waals surface area (Å²) in [5, 5.41) is 3.42. The van der Waals surface area contributed by atoms with E-state index < -0.39 is 0 Å². The first-order valence-corrected chi connectivity index (χ1v) is 6.97. The molecule has 0 aliphatic carbocycles. The van der Waals surface area contributed by atoms with Gasteiger partial charge in [-0.1, -0.05) is 18.2 Å². The second-order valence-electron chi connectivity index (χ2n) is 4.25. The molecule has 1 saturated heterocycles. The summed E-state index contributed by atoms with van der Waals surface area (Å²) in [6, 6.07) is 11.3. The van der Waals surface area contributed by atoms with Gasteiger partial charge < -0.3 is 5.32 Å².